The summed E-state index contributed by atoms with van der Waals surface area (Å²) in [6.07, 6.45) is -3.28. The molecule has 0 unspecified atom stereocenters. The van der Waals surface area contributed by atoms with Crippen molar-refractivity contribution in [3.63, 3.8) is 0 Å². The molecule has 0 fully saturated rings. The molecule has 0 saturated heterocycles. The highest BCUT2D eigenvalue weighted by Crippen LogP contribution is 2.32. The van der Waals surface area contributed by atoms with Crippen molar-refractivity contribution in [3.05, 3.63) is 75.5 Å². The Morgan fingerprint density at radius 1 is 1.04 bits per heavy atom. The first-order valence-corrected chi connectivity index (χ1v) is 7.88. The molecule has 4 rings (SSSR count). The first-order chi connectivity index (χ1) is 12.4. The second kappa shape index (κ2) is 5.77. The summed E-state index contributed by atoms with van der Waals surface area (Å²) in [7, 11) is 0. The van der Waals surface area contributed by atoms with Gasteiger partial charge in [0.25, 0.3) is 10.4 Å². The van der Waals surface area contributed by atoms with Crippen molar-refractivity contribution < 1.29 is 17.6 Å². The molecule has 0 saturated carbocycles. The molecule has 2 aromatic carbocycles. The lowest BCUT2D eigenvalue weighted by molar-refractivity contribution is -0.137. The van der Waals surface area contributed by atoms with Crippen LogP contribution in [0.3, 0.4) is 0 Å². The van der Waals surface area contributed by atoms with E-state index in [1.807, 2.05) is 0 Å². The number of hydrogen-bond acceptors (Lipinski definition) is 4. The number of fused-ring (bicyclic) bond motifs is 3. The van der Waals surface area contributed by atoms with E-state index in [1.54, 1.807) is 30.3 Å². The van der Waals surface area contributed by atoms with E-state index in [2.05, 4.69) is 4.98 Å². The highest BCUT2D eigenvalue weighted by atomic mass is 32.1. The minimum Gasteiger partial charge on any atom is -0.430 e. The Kier molecular flexibility index (Phi) is 3.66. The molecule has 4 aromatic rings. The summed E-state index contributed by atoms with van der Waals surface area (Å²) in [5, 5.41) is 0.425. The summed E-state index contributed by atoms with van der Waals surface area (Å²) in [6, 6.07) is 11.8. The van der Waals surface area contributed by atoms with Crippen LogP contribution in [0.1, 0.15) is 5.56 Å². The summed E-state index contributed by atoms with van der Waals surface area (Å²) < 4.78 is 45.5. The van der Waals surface area contributed by atoms with Crippen LogP contribution in [0.5, 0.6) is 0 Å². The minimum absolute atomic E-state index is 0.0716. The Labute approximate surface area is 149 Å². The summed E-state index contributed by atoms with van der Waals surface area (Å²) in [5.74, 6) is 0. The molecule has 0 atom stereocenters. The molecule has 0 bridgehead atoms. The van der Waals surface area contributed by atoms with Crippen LogP contribution in [0.2, 0.25) is 0 Å². The fourth-order valence-corrected chi connectivity index (χ4v) is 3.01. The first kappa shape index (κ1) is 16.5. The van der Waals surface area contributed by atoms with Crippen molar-refractivity contribution >= 4 is 34.1 Å². The van der Waals surface area contributed by atoms with Gasteiger partial charge < -0.3 is 4.42 Å². The van der Waals surface area contributed by atoms with Crippen LogP contribution in [-0.2, 0) is 6.18 Å². The number of benzene rings is 2. The van der Waals surface area contributed by atoms with E-state index in [0.29, 0.717) is 11.1 Å². The summed E-state index contributed by atoms with van der Waals surface area (Å²) in [5.41, 5.74) is -0.557. The van der Waals surface area contributed by atoms with Gasteiger partial charge in [-0.25, -0.2) is 4.57 Å². The third kappa shape index (κ3) is 2.59. The van der Waals surface area contributed by atoms with E-state index >= 15 is 0 Å². The Hall–Kier alpha value is -3.00. The maximum Gasteiger partial charge on any atom is 0.416 e. The van der Waals surface area contributed by atoms with Gasteiger partial charge in [-0.2, -0.15) is 13.2 Å². The second-order valence-corrected chi connectivity index (χ2v) is 5.92. The highest BCUT2D eigenvalue weighted by Gasteiger charge is 2.30. The zero-order valence-electron chi connectivity index (χ0n) is 12.9. The molecule has 0 spiro atoms. The van der Waals surface area contributed by atoms with Gasteiger partial charge in [-0.05, 0) is 42.5 Å². The van der Waals surface area contributed by atoms with Gasteiger partial charge in [0.1, 0.15) is 5.39 Å². The van der Waals surface area contributed by atoms with Crippen molar-refractivity contribution in [1.82, 2.24) is 9.55 Å². The van der Waals surface area contributed by atoms with Crippen LogP contribution in [0, 0.1) is 4.84 Å². The van der Waals surface area contributed by atoms with Crippen molar-refractivity contribution in [2.45, 2.75) is 6.18 Å². The van der Waals surface area contributed by atoms with Crippen molar-refractivity contribution in [3.8, 4) is 5.69 Å². The molecule has 0 aliphatic heterocycles. The zero-order chi connectivity index (χ0) is 18.5. The van der Waals surface area contributed by atoms with Gasteiger partial charge in [-0.3, -0.25) is 9.78 Å². The van der Waals surface area contributed by atoms with Gasteiger partial charge in [0.15, 0.2) is 5.58 Å². The monoisotopic (exact) mass is 374 g/mol. The zero-order valence-corrected chi connectivity index (χ0v) is 13.8. The van der Waals surface area contributed by atoms with Crippen LogP contribution in [-0.4, -0.2) is 9.55 Å². The molecule has 8 heteroatoms. The van der Waals surface area contributed by atoms with E-state index in [0.717, 1.165) is 12.1 Å². The second-order valence-electron chi connectivity index (χ2n) is 5.57. The molecular formula is C18H9F3N2O2S. The van der Waals surface area contributed by atoms with Gasteiger partial charge in [-0.1, -0.05) is 18.2 Å². The summed E-state index contributed by atoms with van der Waals surface area (Å²) >= 11 is 5.19. The van der Waals surface area contributed by atoms with Crippen LogP contribution >= 0.6 is 12.2 Å². The molecular weight excluding hydrogens is 365 g/mol. The number of hydrogen-bond donors (Lipinski definition) is 0. The third-order valence-corrected chi connectivity index (χ3v) is 4.23. The average Bonchev–Trinajstić information content (AvgIpc) is 2.61. The first-order valence-electron chi connectivity index (χ1n) is 7.47. The van der Waals surface area contributed by atoms with Gasteiger partial charge in [0.05, 0.1) is 16.8 Å². The average molecular weight is 374 g/mol. The van der Waals surface area contributed by atoms with Crippen LogP contribution in [0.25, 0.3) is 27.6 Å². The van der Waals surface area contributed by atoms with Gasteiger partial charge in [-0.15, -0.1) is 0 Å². The topological polar surface area (TPSA) is 48.0 Å². The number of alkyl halides is 3. The molecule has 2 aromatic heterocycles. The molecule has 0 radical (unpaired) electrons. The van der Waals surface area contributed by atoms with E-state index in [1.165, 1.54) is 16.8 Å². The number of para-hydroxylation sites is 1. The fourth-order valence-electron chi connectivity index (χ4n) is 2.74. The van der Waals surface area contributed by atoms with E-state index in [-0.39, 0.29) is 21.3 Å². The van der Waals surface area contributed by atoms with Gasteiger partial charge in [0.2, 0.25) is 0 Å². The normalized spacial score (nSPS) is 12.0. The number of halogens is 3. The Morgan fingerprint density at radius 2 is 1.77 bits per heavy atom. The van der Waals surface area contributed by atoms with Crippen molar-refractivity contribution in [1.29, 1.82) is 0 Å². The lowest BCUT2D eigenvalue weighted by Gasteiger charge is -2.10. The number of aromatic nitrogens is 2. The molecule has 130 valence electrons. The number of nitrogens with zero attached hydrogens (tertiary/aromatic N) is 2. The maximum absolute atomic E-state index is 12.9. The Bertz CT molecular complexity index is 1260. The smallest absolute Gasteiger partial charge is 0.416 e. The summed E-state index contributed by atoms with van der Waals surface area (Å²) in [6.45, 7) is 0. The molecule has 0 amide bonds. The Morgan fingerprint density at radius 3 is 2.46 bits per heavy atom. The SMILES string of the molecule is O=c1c2cnc3cc(C(F)(F)F)ccc3c2oc(=S)n1-c1ccccc1. The molecule has 4 nitrogen and oxygen atoms in total. The fraction of sp³-hybridized carbons (Fsp3) is 0.0556. The van der Waals surface area contributed by atoms with E-state index < -0.39 is 17.3 Å². The predicted octanol–water partition coefficient (Wildman–Crippen LogP) is 4.88. The molecule has 26 heavy (non-hydrogen) atoms. The molecule has 0 aliphatic carbocycles. The highest BCUT2D eigenvalue weighted by molar-refractivity contribution is 7.71. The van der Waals surface area contributed by atoms with Gasteiger partial charge >= 0.3 is 6.18 Å². The Balaban J connectivity index is 2.05. The number of pyridine rings is 1. The molecule has 0 aliphatic rings. The van der Waals surface area contributed by atoms with Crippen molar-refractivity contribution in [2.24, 2.45) is 0 Å². The van der Waals surface area contributed by atoms with Gasteiger partial charge in [0, 0.05) is 11.6 Å². The summed E-state index contributed by atoms with van der Waals surface area (Å²) in [4.78, 5) is 16.7. The standard InChI is InChI=1S/C18H9F3N2O2S/c19-18(20,21)10-6-7-12-14(8-10)22-9-13-15(12)25-17(26)23(16(13)24)11-4-2-1-3-5-11/h1-9H. The third-order valence-electron chi connectivity index (χ3n) is 3.97. The largest absolute Gasteiger partial charge is 0.430 e. The molecule has 2 heterocycles. The van der Waals surface area contributed by atoms with E-state index in [4.69, 9.17) is 16.6 Å². The number of rotatable bonds is 1. The maximum atomic E-state index is 12.9. The predicted molar refractivity (Wildman–Crippen MR) is 92.9 cm³/mol. The van der Waals surface area contributed by atoms with Crippen LogP contribution in [0.15, 0.2) is 63.9 Å². The quantitative estimate of drug-likeness (QED) is 0.352. The minimum atomic E-state index is -4.48. The van der Waals surface area contributed by atoms with Crippen LogP contribution < -0.4 is 5.56 Å². The lowest BCUT2D eigenvalue weighted by Crippen LogP contribution is -2.19. The van der Waals surface area contributed by atoms with Crippen LogP contribution in [0.4, 0.5) is 13.2 Å². The van der Waals surface area contributed by atoms with E-state index in [9.17, 15) is 18.0 Å². The van der Waals surface area contributed by atoms with Crippen molar-refractivity contribution in [2.75, 3.05) is 0 Å². The molecule has 0 N–H and O–H groups in total. The lowest BCUT2D eigenvalue weighted by atomic mass is 10.1.